The number of furan rings is 1. The zero-order chi connectivity index (χ0) is 21.8. The average Bonchev–Trinajstić information content (AvgIpc) is 3.34. The summed E-state index contributed by atoms with van der Waals surface area (Å²) in [6.45, 7) is 2.58. The molecule has 4 rings (SSSR count). The molecular weight excluding hydrogens is 400 g/mol. The number of anilines is 2. The van der Waals surface area contributed by atoms with Crippen molar-refractivity contribution in [3.63, 3.8) is 0 Å². The molecule has 1 aliphatic heterocycles. The van der Waals surface area contributed by atoms with Gasteiger partial charge in [0.2, 0.25) is 0 Å². The number of hydrogen-bond acceptors (Lipinski definition) is 6. The number of benzene rings is 2. The fourth-order valence-corrected chi connectivity index (χ4v) is 3.42. The summed E-state index contributed by atoms with van der Waals surface area (Å²) in [6, 6.07) is 16.2. The number of nitrogens with zero attached hydrogens (tertiary/aromatic N) is 3. The molecule has 0 bridgehead atoms. The number of carbonyl (C=O) groups is 2. The fraction of sp³-hybridized carbons (Fsp3) is 0.182. The van der Waals surface area contributed by atoms with Crippen LogP contribution in [0.4, 0.5) is 17.1 Å². The molecule has 0 saturated carbocycles. The Morgan fingerprint density at radius 1 is 0.935 bits per heavy atom. The van der Waals surface area contributed by atoms with E-state index in [1.165, 1.54) is 30.5 Å². The highest BCUT2D eigenvalue weighted by molar-refractivity contribution is 6.04. The highest BCUT2D eigenvalue weighted by Gasteiger charge is 2.23. The van der Waals surface area contributed by atoms with Crippen LogP contribution >= 0.6 is 0 Å². The lowest BCUT2D eigenvalue weighted by molar-refractivity contribution is -0.384. The topological polar surface area (TPSA) is 109 Å². The van der Waals surface area contributed by atoms with E-state index in [-0.39, 0.29) is 17.5 Å². The number of nitrogens with one attached hydrogen (secondary N) is 1. The normalized spacial score (nSPS) is 13.7. The summed E-state index contributed by atoms with van der Waals surface area (Å²) >= 11 is 0. The quantitative estimate of drug-likeness (QED) is 0.501. The van der Waals surface area contributed by atoms with Crippen LogP contribution in [0, 0.1) is 10.1 Å². The van der Waals surface area contributed by atoms with E-state index >= 15 is 0 Å². The van der Waals surface area contributed by atoms with Crippen LogP contribution in [0.3, 0.4) is 0 Å². The molecule has 1 N–H and O–H groups in total. The summed E-state index contributed by atoms with van der Waals surface area (Å²) < 4.78 is 5.18. The summed E-state index contributed by atoms with van der Waals surface area (Å²) in [5.41, 5.74) is 1.90. The highest BCUT2D eigenvalue weighted by atomic mass is 16.6. The first-order chi connectivity index (χ1) is 15.0. The summed E-state index contributed by atoms with van der Waals surface area (Å²) in [5.74, 6) is -0.0942. The van der Waals surface area contributed by atoms with Gasteiger partial charge in [0, 0.05) is 55.2 Å². The minimum absolute atomic E-state index is 0.0631. The second-order valence-corrected chi connectivity index (χ2v) is 7.06. The third-order valence-electron chi connectivity index (χ3n) is 5.13. The summed E-state index contributed by atoms with van der Waals surface area (Å²) in [5, 5.41) is 13.5. The molecule has 1 aliphatic rings. The molecule has 0 spiro atoms. The number of amides is 2. The third-order valence-corrected chi connectivity index (χ3v) is 5.13. The molecule has 3 aromatic rings. The first-order valence-electron chi connectivity index (χ1n) is 9.75. The maximum atomic E-state index is 12.4. The zero-order valence-electron chi connectivity index (χ0n) is 16.6. The van der Waals surface area contributed by atoms with Gasteiger partial charge in [-0.1, -0.05) is 0 Å². The molecule has 2 amide bonds. The van der Waals surface area contributed by atoms with Crippen LogP contribution < -0.4 is 10.2 Å². The Morgan fingerprint density at radius 3 is 2.19 bits per heavy atom. The second kappa shape index (κ2) is 8.70. The Labute approximate surface area is 178 Å². The van der Waals surface area contributed by atoms with Crippen LogP contribution in [0.25, 0.3) is 0 Å². The van der Waals surface area contributed by atoms with Crippen molar-refractivity contribution in [2.45, 2.75) is 0 Å². The van der Waals surface area contributed by atoms with E-state index in [0.29, 0.717) is 43.2 Å². The van der Waals surface area contributed by atoms with Crippen molar-refractivity contribution < 1.29 is 18.9 Å². The van der Waals surface area contributed by atoms with E-state index in [9.17, 15) is 19.7 Å². The molecule has 9 heteroatoms. The molecule has 9 nitrogen and oxygen atoms in total. The number of rotatable bonds is 5. The molecule has 1 fully saturated rings. The van der Waals surface area contributed by atoms with Gasteiger partial charge in [-0.2, -0.15) is 0 Å². The molecule has 0 unspecified atom stereocenters. The number of non-ortho nitro benzene ring substituents is 1. The number of carbonyl (C=O) groups excluding carboxylic acids is 2. The van der Waals surface area contributed by atoms with Gasteiger partial charge in [-0.3, -0.25) is 19.7 Å². The fourth-order valence-electron chi connectivity index (χ4n) is 3.42. The van der Waals surface area contributed by atoms with E-state index in [1.54, 1.807) is 29.2 Å². The van der Waals surface area contributed by atoms with Gasteiger partial charge in [0.15, 0.2) is 5.76 Å². The SMILES string of the molecule is O=C(Nc1ccc(N2CCN(C(=O)c3ccco3)CC2)cc1)c1ccc([N+](=O)[O-])cc1. The first-order valence-corrected chi connectivity index (χ1v) is 9.75. The van der Waals surface area contributed by atoms with Crippen LogP contribution in [-0.4, -0.2) is 47.8 Å². The van der Waals surface area contributed by atoms with Crippen molar-refractivity contribution in [2.24, 2.45) is 0 Å². The Bertz CT molecular complexity index is 1070. The summed E-state index contributed by atoms with van der Waals surface area (Å²) in [7, 11) is 0. The predicted molar refractivity (Wildman–Crippen MR) is 114 cm³/mol. The van der Waals surface area contributed by atoms with Gasteiger partial charge in [0.05, 0.1) is 11.2 Å². The monoisotopic (exact) mass is 420 g/mol. The molecule has 1 saturated heterocycles. The maximum absolute atomic E-state index is 12.4. The van der Waals surface area contributed by atoms with Gasteiger partial charge in [-0.05, 0) is 48.5 Å². The van der Waals surface area contributed by atoms with Crippen molar-refractivity contribution in [3.8, 4) is 0 Å². The molecule has 0 aliphatic carbocycles. The minimum Gasteiger partial charge on any atom is -0.459 e. The van der Waals surface area contributed by atoms with Crippen LogP contribution in [0.2, 0.25) is 0 Å². The van der Waals surface area contributed by atoms with Crippen molar-refractivity contribution in [2.75, 3.05) is 36.4 Å². The second-order valence-electron chi connectivity index (χ2n) is 7.06. The van der Waals surface area contributed by atoms with Crippen LogP contribution in [0.15, 0.2) is 71.3 Å². The van der Waals surface area contributed by atoms with E-state index in [1.807, 2.05) is 12.1 Å². The zero-order valence-corrected chi connectivity index (χ0v) is 16.6. The Kier molecular flexibility index (Phi) is 5.65. The molecule has 2 heterocycles. The largest absolute Gasteiger partial charge is 0.459 e. The highest BCUT2D eigenvalue weighted by Crippen LogP contribution is 2.21. The lowest BCUT2D eigenvalue weighted by Gasteiger charge is -2.35. The Balaban J connectivity index is 1.33. The number of piperazine rings is 1. The van der Waals surface area contributed by atoms with Gasteiger partial charge in [0.1, 0.15) is 0 Å². The molecule has 1 aromatic heterocycles. The van der Waals surface area contributed by atoms with Crippen molar-refractivity contribution >= 4 is 28.9 Å². The Morgan fingerprint density at radius 2 is 1.61 bits per heavy atom. The smallest absolute Gasteiger partial charge is 0.289 e. The van der Waals surface area contributed by atoms with Crippen molar-refractivity contribution in [3.05, 3.63) is 88.4 Å². The van der Waals surface area contributed by atoms with E-state index < -0.39 is 4.92 Å². The predicted octanol–water partition coefficient (Wildman–Crippen LogP) is 3.40. The summed E-state index contributed by atoms with van der Waals surface area (Å²) in [6.07, 6.45) is 1.49. The molecular formula is C22H20N4O5. The van der Waals surface area contributed by atoms with Gasteiger partial charge in [-0.25, -0.2) is 0 Å². The lowest BCUT2D eigenvalue weighted by Crippen LogP contribution is -2.48. The number of nitro groups is 1. The average molecular weight is 420 g/mol. The van der Waals surface area contributed by atoms with Crippen molar-refractivity contribution in [1.29, 1.82) is 0 Å². The molecule has 31 heavy (non-hydrogen) atoms. The van der Waals surface area contributed by atoms with Crippen LogP contribution in [0.1, 0.15) is 20.9 Å². The van der Waals surface area contributed by atoms with Gasteiger partial charge in [0.25, 0.3) is 17.5 Å². The standard InChI is InChI=1S/C22H20N4O5/c27-21(16-3-7-19(8-4-16)26(29)30)23-17-5-9-18(10-6-17)24-11-13-25(14-12-24)22(28)20-2-1-15-31-20/h1-10,15H,11-14H2,(H,23,27). The van der Waals surface area contributed by atoms with Crippen LogP contribution in [0.5, 0.6) is 0 Å². The van der Waals surface area contributed by atoms with Gasteiger partial charge < -0.3 is 19.5 Å². The number of nitro benzene ring substituents is 1. The molecule has 0 atom stereocenters. The third kappa shape index (κ3) is 4.55. The molecule has 2 aromatic carbocycles. The van der Waals surface area contributed by atoms with Gasteiger partial charge >= 0.3 is 0 Å². The maximum Gasteiger partial charge on any atom is 0.289 e. The van der Waals surface area contributed by atoms with Gasteiger partial charge in [-0.15, -0.1) is 0 Å². The Hall–Kier alpha value is -4.14. The van der Waals surface area contributed by atoms with E-state index in [4.69, 9.17) is 4.42 Å². The van der Waals surface area contributed by atoms with E-state index in [0.717, 1.165) is 5.69 Å². The first kappa shape index (κ1) is 20.1. The minimum atomic E-state index is -0.507. The molecule has 158 valence electrons. The van der Waals surface area contributed by atoms with Crippen LogP contribution in [-0.2, 0) is 0 Å². The lowest BCUT2D eigenvalue weighted by atomic mass is 10.2. The molecule has 0 radical (unpaired) electrons. The summed E-state index contributed by atoms with van der Waals surface area (Å²) in [4.78, 5) is 38.9. The number of hydrogen-bond donors (Lipinski definition) is 1. The van der Waals surface area contributed by atoms with E-state index in [2.05, 4.69) is 10.2 Å². The van der Waals surface area contributed by atoms with Crippen molar-refractivity contribution in [1.82, 2.24) is 4.90 Å².